The summed E-state index contributed by atoms with van der Waals surface area (Å²) < 4.78 is 5.05. The molecule has 0 saturated carbocycles. The molecule has 0 aromatic heterocycles. The highest BCUT2D eigenvalue weighted by Gasteiger charge is 2.29. The number of phenols is 1. The summed E-state index contributed by atoms with van der Waals surface area (Å²) >= 11 is 0. The highest BCUT2D eigenvalue weighted by Crippen LogP contribution is 2.22. The number of hydrogen-bond acceptors (Lipinski definition) is 4. The average Bonchev–Trinajstić information content (AvgIpc) is 2.44. The Labute approximate surface area is 124 Å². The number of aromatic hydroxyl groups is 1. The van der Waals surface area contributed by atoms with E-state index in [0.29, 0.717) is 0 Å². The summed E-state index contributed by atoms with van der Waals surface area (Å²) in [7, 11) is 0. The fraction of sp³-hybridized carbons (Fsp3) is 0.500. The molecule has 2 atom stereocenters. The second kappa shape index (κ2) is 6.61. The number of nitrogens with zero attached hydrogens (tertiary/aromatic N) is 1. The zero-order valence-corrected chi connectivity index (χ0v) is 12.4. The van der Waals surface area contributed by atoms with E-state index >= 15 is 0 Å². The SMILES string of the molecule is C[C@H]1CCC[C@H](C)N1C(=O)COC(=O)c1cccc(O)c1. The minimum Gasteiger partial charge on any atom is -0.508 e. The van der Waals surface area contributed by atoms with Gasteiger partial charge >= 0.3 is 5.97 Å². The maximum absolute atomic E-state index is 12.2. The second-order valence-electron chi connectivity index (χ2n) is 5.56. The van der Waals surface area contributed by atoms with Crippen LogP contribution in [0.1, 0.15) is 43.5 Å². The van der Waals surface area contributed by atoms with Gasteiger partial charge in [-0.25, -0.2) is 4.79 Å². The monoisotopic (exact) mass is 291 g/mol. The molecule has 0 aliphatic carbocycles. The van der Waals surface area contributed by atoms with Crippen molar-refractivity contribution < 1.29 is 19.4 Å². The van der Waals surface area contributed by atoms with Gasteiger partial charge in [0.05, 0.1) is 5.56 Å². The molecule has 0 bridgehead atoms. The lowest BCUT2D eigenvalue weighted by Crippen LogP contribution is -2.49. The van der Waals surface area contributed by atoms with Crippen LogP contribution in [0.5, 0.6) is 5.75 Å². The normalized spacial score (nSPS) is 21.9. The Balaban J connectivity index is 1.93. The Bertz CT molecular complexity index is 519. The zero-order valence-electron chi connectivity index (χ0n) is 12.4. The van der Waals surface area contributed by atoms with Gasteiger partial charge in [-0.3, -0.25) is 4.79 Å². The summed E-state index contributed by atoms with van der Waals surface area (Å²) in [5, 5.41) is 9.33. The molecule has 1 amide bonds. The summed E-state index contributed by atoms with van der Waals surface area (Å²) in [6.07, 6.45) is 3.09. The van der Waals surface area contributed by atoms with Crippen LogP contribution in [0.3, 0.4) is 0 Å². The number of phenolic OH excluding ortho intramolecular Hbond substituents is 1. The van der Waals surface area contributed by atoms with E-state index in [-0.39, 0.29) is 35.9 Å². The number of carbonyl (C=O) groups excluding carboxylic acids is 2. The van der Waals surface area contributed by atoms with Gasteiger partial charge in [0, 0.05) is 12.1 Å². The van der Waals surface area contributed by atoms with Crippen LogP contribution >= 0.6 is 0 Å². The van der Waals surface area contributed by atoms with Crippen molar-refractivity contribution in [1.29, 1.82) is 0 Å². The molecule has 1 aliphatic rings. The van der Waals surface area contributed by atoms with Gasteiger partial charge in [-0.05, 0) is 51.3 Å². The standard InChI is InChI=1S/C16H21NO4/c1-11-5-3-6-12(2)17(11)15(19)10-21-16(20)13-7-4-8-14(18)9-13/h4,7-9,11-12,18H,3,5-6,10H2,1-2H3/t11-,12-/m0/s1. The first-order valence-electron chi connectivity index (χ1n) is 7.26. The molecule has 1 N–H and O–H groups in total. The third kappa shape index (κ3) is 3.74. The smallest absolute Gasteiger partial charge is 0.338 e. The van der Waals surface area contributed by atoms with Crippen LogP contribution in [0.25, 0.3) is 0 Å². The van der Waals surface area contributed by atoms with E-state index in [4.69, 9.17) is 4.74 Å². The molecule has 114 valence electrons. The van der Waals surface area contributed by atoms with Crippen LogP contribution in [0.15, 0.2) is 24.3 Å². The van der Waals surface area contributed by atoms with Crippen molar-refractivity contribution in [3.8, 4) is 5.75 Å². The van der Waals surface area contributed by atoms with Crippen LogP contribution in [0, 0.1) is 0 Å². The first-order valence-corrected chi connectivity index (χ1v) is 7.26. The molecule has 1 heterocycles. The van der Waals surface area contributed by atoms with Crippen molar-refractivity contribution in [1.82, 2.24) is 4.90 Å². The zero-order chi connectivity index (χ0) is 15.4. The van der Waals surface area contributed by atoms with Crippen molar-refractivity contribution in [3.63, 3.8) is 0 Å². The number of rotatable bonds is 3. The average molecular weight is 291 g/mol. The predicted octanol–water partition coefficient (Wildman–Crippen LogP) is 2.34. The summed E-state index contributed by atoms with van der Waals surface area (Å²) in [6.45, 7) is 3.78. The van der Waals surface area contributed by atoms with E-state index in [9.17, 15) is 14.7 Å². The molecular formula is C16H21NO4. The lowest BCUT2D eigenvalue weighted by molar-refractivity contribution is -0.140. The molecule has 0 spiro atoms. The lowest BCUT2D eigenvalue weighted by Gasteiger charge is -2.38. The molecule has 1 fully saturated rings. The van der Waals surface area contributed by atoms with Crippen molar-refractivity contribution in [2.45, 2.75) is 45.2 Å². The fourth-order valence-corrected chi connectivity index (χ4v) is 2.83. The number of likely N-dealkylation sites (tertiary alicyclic amines) is 1. The highest BCUT2D eigenvalue weighted by atomic mass is 16.5. The van der Waals surface area contributed by atoms with Crippen molar-refractivity contribution in [2.75, 3.05) is 6.61 Å². The quantitative estimate of drug-likeness (QED) is 0.868. The van der Waals surface area contributed by atoms with E-state index < -0.39 is 5.97 Å². The van der Waals surface area contributed by atoms with Gasteiger partial charge in [0.2, 0.25) is 0 Å². The lowest BCUT2D eigenvalue weighted by atomic mass is 9.97. The Kier molecular flexibility index (Phi) is 4.83. The minimum absolute atomic E-state index is 0.00551. The van der Waals surface area contributed by atoms with Gasteiger partial charge in [0.25, 0.3) is 5.91 Å². The summed E-state index contributed by atoms with van der Waals surface area (Å²) in [6, 6.07) is 6.25. The Hall–Kier alpha value is -2.04. The number of benzene rings is 1. The number of esters is 1. The fourth-order valence-electron chi connectivity index (χ4n) is 2.83. The number of carbonyl (C=O) groups is 2. The maximum atomic E-state index is 12.2. The van der Waals surface area contributed by atoms with Gasteiger partial charge in [-0.15, -0.1) is 0 Å². The molecule has 0 radical (unpaired) electrons. The third-order valence-corrected chi connectivity index (χ3v) is 3.89. The summed E-state index contributed by atoms with van der Waals surface area (Å²) in [4.78, 5) is 25.9. The highest BCUT2D eigenvalue weighted by molar-refractivity contribution is 5.91. The topological polar surface area (TPSA) is 66.8 Å². The largest absolute Gasteiger partial charge is 0.508 e. The molecule has 1 aliphatic heterocycles. The Morgan fingerprint density at radius 1 is 1.29 bits per heavy atom. The van der Waals surface area contributed by atoms with E-state index in [2.05, 4.69) is 0 Å². The summed E-state index contributed by atoms with van der Waals surface area (Å²) in [5.41, 5.74) is 0.238. The van der Waals surface area contributed by atoms with Gasteiger partial charge in [-0.2, -0.15) is 0 Å². The number of amides is 1. The van der Waals surface area contributed by atoms with Crippen molar-refractivity contribution >= 4 is 11.9 Å². The van der Waals surface area contributed by atoms with Crippen molar-refractivity contribution in [2.24, 2.45) is 0 Å². The number of hydrogen-bond donors (Lipinski definition) is 1. The van der Waals surface area contributed by atoms with Crippen molar-refractivity contribution in [3.05, 3.63) is 29.8 Å². The third-order valence-electron chi connectivity index (χ3n) is 3.89. The maximum Gasteiger partial charge on any atom is 0.338 e. The van der Waals surface area contributed by atoms with E-state index in [1.807, 2.05) is 13.8 Å². The van der Waals surface area contributed by atoms with Gasteiger partial charge in [0.15, 0.2) is 6.61 Å². The molecule has 2 rings (SSSR count). The van der Waals surface area contributed by atoms with Crippen LogP contribution in [0.4, 0.5) is 0 Å². The summed E-state index contributed by atoms with van der Waals surface area (Å²) in [5.74, 6) is -0.770. The van der Waals surface area contributed by atoms with Crippen LogP contribution in [0.2, 0.25) is 0 Å². The molecule has 5 heteroatoms. The molecule has 21 heavy (non-hydrogen) atoms. The van der Waals surface area contributed by atoms with Gasteiger partial charge in [-0.1, -0.05) is 6.07 Å². The van der Waals surface area contributed by atoms with E-state index in [1.54, 1.807) is 17.0 Å². The predicted molar refractivity (Wildman–Crippen MR) is 78.0 cm³/mol. The van der Waals surface area contributed by atoms with E-state index in [0.717, 1.165) is 19.3 Å². The molecular weight excluding hydrogens is 270 g/mol. The molecule has 5 nitrogen and oxygen atoms in total. The number of ether oxygens (including phenoxy) is 1. The van der Waals surface area contributed by atoms with Crippen LogP contribution in [-0.2, 0) is 9.53 Å². The van der Waals surface area contributed by atoms with Crippen LogP contribution < -0.4 is 0 Å². The Morgan fingerprint density at radius 3 is 2.57 bits per heavy atom. The van der Waals surface area contributed by atoms with E-state index in [1.165, 1.54) is 12.1 Å². The van der Waals surface area contributed by atoms with Crippen LogP contribution in [-0.4, -0.2) is 40.6 Å². The van der Waals surface area contributed by atoms with Gasteiger partial charge in [0.1, 0.15) is 5.75 Å². The second-order valence-corrected chi connectivity index (χ2v) is 5.56. The van der Waals surface area contributed by atoms with Gasteiger partial charge < -0.3 is 14.7 Å². The first kappa shape index (κ1) is 15.4. The minimum atomic E-state index is -0.600. The molecule has 1 saturated heterocycles. The molecule has 0 unspecified atom stereocenters. The molecule has 1 aromatic carbocycles. The first-order chi connectivity index (χ1) is 9.99. The molecule has 1 aromatic rings. The Morgan fingerprint density at radius 2 is 1.95 bits per heavy atom. The number of piperidine rings is 1.